The Bertz CT molecular complexity index is 765. The largest absolute Gasteiger partial charge is 0.464 e. The molecule has 0 aliphatic heterocycles. The van der Waals surface area contributed by atoms with E-state index >= 15 is 0 Å². The molecule has 1 N–H and O–H groups in total. The predicted octanol–water partition coefficient (Wildman–Crippen LogP) is 2.12. The molecule has 9 nitrogen and oxygen atoms in total. The van der Waals surface area contributed by atoms with Gasteiger partial charge < -0.3 is 14.8 Å². The van der Waals surface area contributed by atoms with Gasteiger partial charge in [0, 0.05) is 38.1 Å². The van der Waals surface area contributed by atoms with Crippen molar-refractivity contribution in [2.45, 2.75) is 20.1 Å². The minimum atomic E-state index is -0.668. The maximum Gasteiger partial charge on any atom is 0.311 e. The smallest absolute Gasteiger partial charge is 0.311 e. The number of nitro benzene ring substituents is 1. The summed E-state index contributed by atoms with van der Waals surface area (Å²) in [5.41, 5.74) is -0.176. The molecule has 0 radical (unpaired) electrons. The Balaban J connectivity index is 1.90. The van der Waals surface area contributed by atoms with Crippen LogP contribution in [-0.4, -0.2) is 40.4 Å². The highest BCUT2D eigenvalue weighted by Crippen LogP contribution is 2.27. The van der Waals surface area contributed by atoms with Crippen LogP contribution >= 0.6 is 0 Å². The SMILES string of the molecule is CCOCCCNC(=O)c1ccn(COc2cc(F)ccc2[N+](=O)[O-])n1. The first-order chi connectivity index (χ1) is 12.5. The van der Waals surface area contributed by atoms with Crippen LogP contribution in [0.2, 0.25) is 0 Å². The van der Waals surface area contributed by atoms with Gasteiger partial charge in [-0.1, -0.05) is 0 Å². The average Bonchev–Trinajstić information content (AvgIpc) is 3.08. The fourth-order valence-corrected chi connectivity index (χ4v) is 2.06. The third-order valence-corrected chi connectivity index (χ3v) is 3.30. The summed E-state index contributed by atoms with van der Waals surface area (Å²) in [6.07, 6.45) is 2.17. The lowest BCUT2D eigenvalue weighted by Gasteiger charge is -2.07. The van der Waals surface area contributed by atoms with Crippen LogP contribution in [0.1, 0.15) is 23.8 Å². The molecule has 0 aliphatic rings. The molecule has 1 aromatic heterocycles. The second kappa shape index (κ2) is 9.47. The number of amides is 1. The van der Waals surface area contributed by atoms with Crippen LogP contribution in [0.5, 0.6) is 5.75 Å². The summed E-state index contributed by atoms with van der Waals surface area (Å²) in [5, 5.41) is 17.6. The summed E-state index contributed by atoms with van der Waals surface area (Å²) in [7, 11) is 0. The van der Waals surface area contributed by atoms with E-state index in [1.807, 2.05) is 6.92 Å². The molecule has 0 atom stereocenters. The summed E-state index contributed by atoms with van der Waals surface area (Å²) >= 11 is 0. The van der Waals surface area contributed by atoms with Gasteiger partial charge in [0.2, 0.25) is 5.75 Å². The summed E-state index contributed by atoms with van der Waals surface area (Å²) in [4.78, 5) is 22.2. The molecule has 26 heavy (non-hydrogen) atoms. The first-order valence-electron chi connectivity index (χ1n) is 7.97. The second-order valence-corrected chi connectivity index (χ2v) is 5.19. The van der Waals surface area contributed by atoms with Crippen LogP contribution in [0.25, 0.3) is 0 Å². The van der Waals surface area contributed by atoms with Crippen molar-refractivity contribution < 1.29 is 23.6 Å². The normalized spacial score (nSPS) is 10.5. The van der Waals surface area contributed by atoms with Crippen LogP contribution in [0, 0.1) is 15.9 Å². The van der Waals surface area contributed by atoms with Gasteiger partial charge >= 0.3 is 5.69 Å². The first kappa shape index (κ1) is 19.3. The third-order valence-electron chi connectivity index (χ3n) is 3.30. The highest BCUT2D eigenvalue weighted by atomic mass is 19.1. The number of carbonyl (C=O) groups is 1. The number of halogens is 1. The highest BCUT2D eigenvalue weighted by Gasteiger charge is 2.16. The third kappa shape index (κ3) is 5.52. The fraction of sp³-hybridized carbons (Fsp3) is 0.375. The zero-order chi connectivity index (χ0) is 18.9. The topological polar surface area (TPSA) is 109 Å². The van der Waals surface area contributed by atoms with Gasteiger partial charge in [0.15, 0.2) is 6.73 Å². The quantitative estimate of drug-likeness (QED) is 0.392. The molecule has 0 aliphatic carbocycles. The van der Waals surface area contributed by atoms with E-state index in [1.165, 1.54) is 16.9 Å². The van der Waals surface area contributed by atoms with Crippen molar-refractivity contribution in [1.29, 1.82) is 0 Å². The number of aromatic nitrogens is 2. The monoisotopic (exact) mass is 366 g/mol. The Hall–Kier alpha value is -3.01. The molecule has 1 amide bonds. The molecule has 2 rings (SSSR count). The summed E-state index contributed by atoms with van der Waals surface area (Å²) in [5.74, 6) is -1.22. The van der Waals surface area contributed by atoms with Gasteiger partial charge in [-0.15, -0.1) is 0 Å². The molecule has 0 saturated carbocycles. The first-order valence-corrected chi connectivity index (χ1v) is 7.97. The maximum absolute atomic E-state index is 13.3. The van der Waals surface area contributed by atoms with Crippen LogP contribution in [0.15, 0.2) is 30.5 Å². The van der Waals surface area contributed by atoms with Gasteiger partial charge in [-0.2, -0.15) is 5.10 Å². The van der Waals surface area contributed by atoms with E-state index in [0.29, 0.717) is 26.2 Å². The molecule has 0 spiro atoms. The van der Waals surface area contributed by atoms with E-state index in [9.17, 15) is 19.3 Å². The molecule has 0 fully saturated rings. The molecular formula is C16H19FN4O5. The molecule has 0 unspecified atom stereocenters. The van der Waals surface area contributed by atoms with Gasteiger partial charge in [-0.05, 0) is 25.5 Å². The van der Waals surface area contributed by atoms with Crippen molar-refractivity contribution in [3.8, 4) is 5.75 Å². The minimum Gasteiger partial charge on any atom is -0.464 e. The molecule has 0 bridgehead atoms. The van der Waals surface area contributed by atoms with E-state index in [4.69, 9.17) is 9.47 Å². The van der Waals surface area contributed by atoms with Crippen molar-refractivity contribution in [2.24, 2.45) is 0 Å². The zero-order valence-electron chi connectivity index (χ0n) is 14.2. The Morgan fingerprint density at radius 3 is 2.96 bits per heavy atom. The van der Waals surface area contributed by atoms with Crippen molar-refractivity contribution in [3.63, 3.8) is 0 Å². The van der Waals surface area contributed by atoms with E-state index in [-0.39, 0.29) is 29.8 Å². The molecule has 140 valence electrons. The van der Waals surface area contributed by atoms with Gasteiger partial charge in [-0.3, -0.25) is 14.9 Å². The number of hydrogen-bond donors (Lipinski definition) is 1. The Labute approximate surface area is 148 Å². The number of nitrogens with one attached hydrogen (secondary N) is 1. The summed E-state index contributed by atoms with van der Waals surface area (Å²) < 4.78 is 25.0. The number of hydrogen-bond acceptors (Lipinski definition) is 6. The Morgan fingerprint density at radius 1 is 1.42 bits per heavy atom. The highest BCUT2D eigenvalue weighted by molar-refractivity contribution is 5.92. The van der Waals surface area contributed by atoms with E-state index < -0.39 is 10.7 Å². The number of carbonyl (C=O) groups excluding carboxylic acids is 1. The number of nitro groups is 1. The molecular weight excluding hydrogens is 347 g/mol. The van der Waals surface area contributed by atoms with Gasteiger partial charge in [0.05, 0.1) is 4.92 Å². The van der Waals surface area contributed by atoms with Crippen molar-refractivity contribution in [2.75, 3.05) is 19.8 Å². The van der Waals surface area contributed by atoms with Crippen molar-refractivity contribution >= 4 is 11.6 Å². The maximum atomic E-state index is 13.3. The molecule has 10 heteroatoms. The second-order valence-electron chi connectivity index (χ2n) is 5.19. The van der Waals surface area contributed by atoms with Crippen LogP contribution in [0.4, 0.5) is 10.1 Å². The lowest BCUT2D eigenvalue weighted by Crippen LogP contribution is -2.26. The van der Waals surface area contributed by atoms with Crippen LogP contribution in [0.3, 0.4) is 0 Å². The van der Waals surface area contributed by atoms with Gasteiger partial charge in [0.25, 0.3) is 5.91 Å². The van der Waals surface area contributed by atoms with E-state index in [1.54, 1.807) is 0 Å². The van der Waals surface area contributed by atoms with Gasteiger partial charge in [0.1, 0.15) is 11.5 Å². The zero-order valence-corrected chi connectivity index (χ0v) is 14.2. The van der Waals surface area contributed by atoms with Crippen molar-refractivity contribution in [3.05, 3.63) is 52.1 Å². The van der Waals surface area contributed by atoms with E-state index in [0.717, 1.165) is 18.2 Å². The Morgan fingerprint density at radius 2 is 2.23 bits per heavy atom. The number of rotatable bonds is 10. The fourth-order valence-electron chi connectivity index (χ4n) is 2.06. The number of ether oxygens (including phenoxy) is 2. The van der Waals surface area contributed by atoms with Crippen LogP contribution < -0.4 is 10.1 Å². The lowest BCUT2D eigenvalue weighted by atomic mass is 10.3. The van der Waals surface area contributed by atoms with Crippen molar-refractivity contribution in [1.82, 2.24) is 15.1 Å². The average molecular weight is 366 g/mol. The van der Waals surface area contributed by atoms with Crippen LogP contribution in [-0.2, 0) is 11.5 Å². The standard InChI is InChI=1S/C16H19FN4O5/c1-2-25-9-3-7-18-16(22)13-6-8-20(19-13)11-26-15-10-12(17)4-5-14(15)21(23)24/h4-6,8,10H,2-3,7,9,11H2,1H3,(H,18,22). The molecule has 1 aromatic carbocycles. The minimum absolute atomic E-state index is 0.179. The molecule has 0 saturated heterocycles. The molecule has 1 heterocycles. The van der Waals surface area contributed by atoms with Gasteiger partial charge in [-0.25, -0.2) is 9.07 Å². The summed E-state index contributed by atoms with van der Waals surface area (Å²) in [6, 6.07) is 4.41. The lowest BCUT2D eigenvalue weighted by molar-refractivity contribution is -0.386. The predicted molar refractivity (Wildman–Crippen MR) is 89.4 cm³/mol. The molecule has 2 aromatic rings. The number of nitrogens with zero attached hydrogens (tertiary/aromatic N) is 3. The number of benzene rings is 1. The summed E-state index contributed by atoms with van der Waals surface area (Å²) in [6.45, 7) is 3.33. The van der Waals surface area contributed by atoms with E-state index in [2.05, 4.69) is 10.4 Å². The Kier molecular flexibility index (Phi) is 7.03.